The molecule has 5 heteroatoms. The standard InChI is InChI=1S/C18H17N5/c19-11-15-1-3-16(4-2-15)14-22-7-9-23(10-8-22)18-6-5-17(12-20)13-21-18/h1-6,13H,7-10,14H2. The zero-order valence-electron chi connectivity index (χ0n) is 12.8. The average molecular weight is 303 g/mol. The lowest BCUT2D eigenvalue weighted by Crippen LogP contribution is -2.46. The monoisotopic (exact) mass is 303 g/mol. The Bertz CT molecular complexity index is 729. The van der Waals surface area contributed by atoms with E-state index in [9.17, 15) is 0 Å². The van der Waals surface area contributed by atoms with Crippen molar-refractivity contribution in [2.75, 3.05) is 31.1 Å². The van der Waals surface area contributed by atoms with Gasteiger partial charge in [-0.25, -0.2) is 4.98 Å². The third-order valence-corrected chi connectivity index (χ3v) is 4.06. The van der Waals surface area contributed by atoms with E-state index in [-0.39, 0.29) is 0 Å². The average Bonchev–Trinajstić information content (AvgIpc) is 2.63. The Kier molecular flexibility index (Phi) is 4.52. The van der Waals surface area contributed by atoms with Crippen LogP contribution < -0.4 is 4.90 Å². The summed E-state index contributed by atoms with van der Waals surface area (Å²) in [6.45, 7) is 4.70. The highest BCUT2D eigenvalue weighted by Crippen LogP contribution is 2.15. The summed E-state index contributed by atoms with van der Waals surface area (Å²) in [4.78, 5) is 9.01. The number of nitrogens with zero attached hydrogens (tertiary/aromatic N) is 5. The molecular weight excluding hydrogens is 286 g/mol. The molecule has 1 aromatic carbocycles. The van der Waals surface area contributed by atoms with E-state index < -0.39 is 0 Å². The van der Waals surface area contributed by atoms with Gasteiger partial charge in [0.1, 0.15) is 11.9 Å². The molecule has 1 aliphatic rings. The van der Waals surface area contributed by atoms with Gasteiger partial charge in [-0.05, 0) is 29.8 Å². The van der Waals surface area contributed by atoms with Gasteiger partial charge in [-0.15, -0.1) is 0 Å². The van der Waals surface area contributed by atoms with E-state index in [0.717, 1.165) is 38.5 Å². The van der Waals surface area contributed by atoms with Crippen molar-refractivity contribution in [3.05, 3.63) is 59.3 Å². The second kappa shape index (κ2) is 6.91. The molecular formula is C18H17N5. The molecule has 0 saturated carbocycles. The van der Waals surface area contributed by atoms with Gasteiger partial charge in [-0.2, -0.15) is 10.5 Å². The minimum absolute atomic E-state index is 0.591. The van der Waals surface area contributed by atoms with E-state index in [1.807, 2.05) is 36.4 Å². The van der Waals surface area contributed by atoms with Crippen LogP contribution in [0.4, 0.5) is 5.82 Å². The number of aromatic nitrogens is 1. The van der Waals surface area contributed by atoms with Gasteiger partial charge in [0.05, 0.1) is 17.2 Å². The number of pyridine rings is 1. The van der Waals surface area contributed by atoms with E-state index >= 15 is 0 Å². The van der Waals surface area contributed by atoms with Crippen molar-refractivity contribution in [1.29, 1.82) is 10.5 Å². The van der Waals surface area contributed by atoms with Crippen LogP contribution in [0.2, 0.25) is 0 Å². The molecule has 0 aliphatic carbocycles. The number of benzene rings is 1. The Labute approximate surface area is 136 Å². The predicted octanol–water partition coefficient (Wildman–Crippen LogP) is 2.15. The third kappa shape index (κ3) is 3.66. The number of nitriles is 2. The Balaban J connectivity index is 1.55. The summed E-state index contributed by atoms with van der Waals surface area (Å²) in [5, 5.41) is 17.6. The lowest BCUT2D eigenvalue weighted by Gasteiger charge is -2.35. The number of piperazine rings is 1. The van der Waals surface area contributed by atoms with E-state index in [2.05, 4.69) is 26.9 Å². The fraction of sp³-hybridized carbons (Fsp3) is 0.278. The molecule has 3 rings (SSSR count). The molecule has 0 N–H and O–H groups in total. The molecule has 2 heterocycles. The van der Waals surface area contributed by atoms with Crippen LogP contribution in [0, 0.1) is 22.7 Å². The highest BCUT2D eigenvalue weighted by Gasteiger charge is 2.18. The second-order valence-corrected chi connectivity index (χ2v) is 5.59. The molecule has 2 aromatic rings. The topological polar surface area (TPSA) is 67.0 Å². The number of anilines is 1. The zero-order valence-corrected chi connectivity index (χ0v) is 12.8. The van der Waals surface area contributed by atoms with Crippen LogP contribution in [-0.2, 0) is 6.54 Å². The Morgan fingerprint density at radius 1 is 0.870 bits per heavy atom. The Morgan fingerprint density at radius 2 is 1.52 bits per heavy atom. The quantitative estimate of drug-likeness (QED) is 0.869. The maximum absolute atomic E-state index is 8.83. The molecule has 1 fully saturated rings. The van der Waals surface area contributed by atoms with Crippen molar-refractivity contribution in [3.8, 4) is 12.1 Å². The highest BCUT2D eigenvalue weighted by molar-refractivity contribution is 5.42. The van der Waals surface area contributed by atoms with Gasteiger partial charge in [0.25, 0.3) is 0 Å². The van der Waals surface area contributed by atoms with Crippen LogP contribution in [0.15, 0.2) is 42.6 Å². The van der Waals surface area contributed by atoms with Gasteiger partial charge in [0, 0.05) is 38.9 Å². The molecule has 1 aromatic heterocycles. The smallest absolute Gasteiger partial charge is 0.128 e. The summed E-state index contributed by atoms with van der Waals surface area (Å²) in [7, 11) is 0. The van der Waals surface area contributed by atoms with Crippen LogP contribution in [0.25, 0.3) is 0 Å². The van der Waals surface area contributed by atoms with Gasteiger partial charge < -0.3 is 4.90 Å². The summed E-state index contributed by atoms with van der Waals surface area (Å²) in [6, 6.07) is 15.7. The van der Waals surface area contributed by atoms with Gasteiger partial charge in [0.15, 0.2) is 0 Å². The summed E-state index contributed by atoms with van der Waals surface area (Å²) < 4.78 is 0. The largest absolute Gasteiger partial charge is 0.354 e. The van der Waals surface area contributed by atoms with Crippen molar-refractivity contribution in [1.82, 2.24) is 9.88 Å². The molecule has 0 atom stereocenters. The van der Waals surface area contributed by atoms with Crippen LogP contribution in [0.5, 0.6) is 0 Å². The van der Waals surface area contributed by atoms with Gasteiger partial charge >= 0.3 is 0 Å². The molecule has 0 amide bonds. The molecule has 23 heavy (non-hydrogen) atoms. The molecule has 0 spiro atoms. The highest BCUT2D eigenvalue weighted by atomic mass is 15.3. The first-order chi connectivity index (χ1) is 11.3. The Morgan fingerprint density at radius 3 is 2.09 bits per heavy atom. The van der Waals surface area contributed by atoms with Gasteiger partial charge in [-0.3, -0.25) is 4.90 Å². The Hall–Kier alpha value is -2.89. The molecule has 0 radical (unpaired) electrons. The van der Waals surface area contributed by atoms with Crippen LogP contribution in [-0.4, -0.2) is 36.1 Å². The summed E-state index contributed by atoms with van der Waals surface area (Å²) in [5.41, 5.74) is 2.52. The lowest BCUT2D eigenvalue weighted by molar-refractivity contribution is 0.249. The normalized spacial score (nSPS) is 15.0. The minimum Gasteiger partial charge on any atom is -0.354 e. The molecule has 114 valence electrons. The fourth-order valence-corrected chi connectivity index (χ4v) is 2.72. The van der Waals surface area contributed by atoms with E-state index in [1.54, 1.807) is 6.20 Å². The van der Waals surface area contributed by atoms with Crippen molar-refractivity contribution in [2.45, 2.75) is 6.54 Å². The first-order valence-electron chi connectivity index (χ1n) is 7.61. The lowest BCUT2D eigenvalue weighted by atomic mass is 10.1. The van der Waals surface area contributed by atoms with Gasteiger partial charge in [0.2, 0.25) is 0 Å². The van der Waals surface area contributed by atoms with Crippen LogP contribution in [0.3, 0.4) is 0 Å². The molecule has 1 saturated heterocycles. The predicted molar refractivity (Wildman–Crippen MR) is 87.6 cm³/mol. The van der Waals surface area contributed by atoms with Gasteiger partial charge in [-0.1, -0.05) is 12.1 Å². The SMILES string of the molecule is N#Cc1ccc(CN2CCN(c3ccc(C#N)cn3)CC2)cc1. The fourth-order valence-electron chi connectivity index (χ4n) is 2.72. The maximum atomic E-state index is 8.83. The van der Waals surface area contributed by atoms with E-state index in [0.29, 0.717) is 11.1 Å². The third-order valence-electron chi connectivity index (χ3n) is 4.06. The first-order valence-corrected chi connectivity index (χ1v) is 7.61. The van der Waals surface area contributed by atoms with Crippen molar-refractivity contribution >= 4 is 5.82 Å². The summed E-state index contributed by atoms with van der Waals surface area (Å²) in [6.07, 6.45) is 1.62. The number of rotatable bonds is 3. The van der Waals surface area contributed by atoms with Crippen LogP contribution >= 0.6 is 0 Å². The summed E-state index contributed by atoms with van der Waals surface area (Å²) >= 11 is 0. The van der Waals surface area contributed by atoms with Crippen molar-refractivity contribution in [3.63, 3.8) is 0 Å². The number of hydrogen-bond donors (Lipinski definition) is 0. The molecule has 5 nitrogen and oxygen atoms in total. The molecule has 0 bridgehead atoms. The van der Waals surface area contributed by atoms with Crippen LogP contribution in [0.1, 0.15) is 16.7 Å². The maximum Gasteiger partial charge on any atom is 0.128 e. The number of hydrogen-bond acceptors (Lipinski definition) is 5. The van der Waals surface area contributed by atoms with Crippen molar-refractivity contribution in [2.24, 2.45) is 0 Å². The van der Waals surface area contributed by atoms with E-state index in [4.69, 9.17) is 10.5 Å². The van der Waals surface area contributed by atoms with E-state index in [1.165, 1.54) is 5.56 Å². The van der Waals surface area contributed by atoms with Crippen molar-refractivity contribution < 1.29 is 0 Å². The first kappa shape index (κ1) is 15.0. The second-order valence-electron chi connectivity index (χ2n) is 5.59. The zero-order chi connectivity index (χ0) is 16.1. The minimum atomic E-state index is 0.591. The summed E-state index contributed by atoms with van der Waals surface area (Å²) in [5.74, 6) is 0.932. The molecule has 0 unspecified atom stereocenters. The molecule has 1 aliphatic heterocycles.